The first-order valence-electron chi connectivity index (χ1n) is 3.90. The molecule has 0 heterocycles. The van der Waals surface area contributed by atoms with Gasteiger partial charge in [0.1, 0.15) is 11.6 Å². The summed E-state index contributed by atoms with van der Waals surface area (Å²) in [6.07, 6.45) is -0.884. The maximum absolute atomic E-state index is 12.8. The summed E-state index contributed by atoms with van der Waals surface area (Å²) in [5, 5.41) is 9.39. The van der Waals surface area contributed by atoms with E-state index in [1.165, 1.54) is 25.3 Å². The molecular weight excluding hydrogens is 173 g/mol. The maximum atomic E-state index is 12.8. The van der Waals surface area contributed by atoms with Crippen molar-refractivity contribution in [2.45, 2.75) is 6.10 Å². The van der Waals surface area contributed by atoms with Crippen LogP contribution in [0.15, 0.2) is 18.2 Å². The van der Waals surface area contributed by atoms with Crippen molar-refractivity contribution in [2.75, 3.05) is 13.7 Å². The SMILES string of the molecule is COc1ccc(F)cc1[C@@H](O)CN. The van der Waals surface area contributed by atoms with E-state index in [4.69, 9.17) is 10.5 Å². The molecule has 0 aliphatic carbocycles. The monoisotopic (exact) mass is 185 g/mol. The summed E-state index contributed by atoms with van der Waals surface area (Å²) in [5.41, 5.74) is 5.63. The summed E-state index contributed by atoms with van der Waals surface area (Å²) >= 11 is 0. The Morgan fingerprint density at radius 3 is 2.85 bits per heavy atom. The van der Waals surface area contributed by atoms with Crippen LogP contribution >= 0.6 is 0 Å². The van der Waals surface area contributed by atoms with Crippen molar-refractivity contribution in [1.82, 2.24) is 0 Å². The molecule has 1 atom stereocenters. The van der Waals surface area contributed by atoms with Gasteiger partial charge in [0, 0.05) is 12.1 Å². The molecule has 0 aromatic heterocycles. The van der Waals surface area contributed by atoms with Gasteiger partial charge in [0.15, 0.2) is 0 Å². The van der Waals surface area contributed by atoms with E-state index in [0.29, 0.717) is 11.3 Å². The average Bonchev–Trinajstić information content (AvgIpc) is 2.16. The maximum Gasteiger partial charge on any atom is 0.124 e. The molecule has 1 aromatic carbocycles. The molecule has 0 saturated heterocycles. The van der Waals surface area contributed by atoms with Crippen molar-refractivity contribution in [2.24, 2.45) is 5.73 Å². The Kier molecular flexibility index (Phi) is 3.22. The van der Waals surface area contributed by atoms with E-state index in [9.17, 15) is 9.50 Å². The van der Waals surface area contributed by atoms with Gasteiger partial charge in [-0.1, -0.05) is 0 Å². The van der Waals surface area contributed by atoms with Gasteiger partial charge in [-0.25, -0.2) is 4.39 Å². The molecule has 3 nitrogen and oxygen atoms in total. The molecule has 3 N–H and O–H groups in total. The smallest absolute Gasteiger partial charge is 0.124 e. The van der Waals surface area contributed by atoms with Crippen LogP contribution in [0.5, 0.6) is 5.75 Å². The van der Waals surface area contributed by atoms with Gasteiger partial charge in [0.25, 0.3) is 0 Å². The van der Waals surface area contributed by atoms with Crippen molar-refractivity contribution < 1.29 is 14.2 Å². The number of ether oxygens (including phenoxy) is 1. The normalized spacial score (nSPS) is 12.6. The second-order valence-electron chi connectivity index (χ2n) is 2.64. The minimum atomic E-state index is -0.884. The Balaban J connectivity index is 3.07. The van der Waals surface area contributed by atoms with E-state index in [1.54, 1.807) is 0 Å². The Labute approximate surface area is 75.9 Å². The lowest BCUT2D eigenvalue weighted by Gasteiger charge is -2.12. The molecule has 0 amide bonds. The van der Waals surface area contributed by atoms with Crippen LogP contribution in [0.2, 0.25) is 0 Å². The molecule has 13 heavy (non-hydrogen) atoms. The third kappa shape index (κ3) is 2.17. The van der Waals surface area contributed by atoms with Crippen molar-refractivity contribution >= 4 is 0 Å². The van der Waals surface area contributed by atoms with Crippen LogP contribution in [-0.4, -0.2) is 18.8 Å². The van der Waals surface area contributed by atoms with E-state index >= 15 is 0 Å². The third-order valence-electron chi connectivity index (χ3n) is 1.77. The Morgan fingerprint density at radius 1 is 1.62 bits per heavy atom. The lowest BCUT2D eigenvalue weighted by Crippen LogP contribution is -2.12. The minimum absolute atomic E-state index is 0.0415. The summed E-state index contributed by atoms with van der Waals surface area (Å²) in [6, 6.07) is 3.95. The number of hydrogen-bond acceptors (Lipinski definition) is 3. The van der Waals surface area contributed by atoms with E-state index < -0.39 is 11.9 Å². The van der Waals surface area contributed by atoms with Gasteiger partial charge in [-0.15, -0.1) is 0 Å². The highest BCUT2D eigenvalue weighted by Gasteiger charge is 2.12. The summed E-state index contributed by atoms with van der Waals surface area (Å²) < 4.78 is 17.7. The van der Waals surface area contributed by atoms with Gasteiger partial charge in [-0.3, -0.25) is 0 Å². The standard InChI is InChI=1S/C9H12FNO2/c1-13-9-3-2-6(10)4-7(9)8(12)5-11/h2-4,8,12H,5,11H2,1H3/t8-/m0/s1. The largest absolute Gasteiger partial charge is 0.496 e. The van der Waals surface area contributed by atoms with Crippen molar-refractivity contribution in [3.8, 4) is 5.75 Å². The van der Waals surface area contributed by atoms with Crippen molar-refractivity contribution in [3.05, 3.63) is 29.6 Å². The first-order chi connectivity index (χ1) is 6.19. The van der Waals surface area contributed by atoms with Gasteiger partial charge in [-0.2, -0.15) is 0 Å². The van der Waals surface area contributed by atoms with Gasteiger partial charge >= 0.3 is 0 Å². The van der Waals surface area contributed by atoms with Crippen LogP contribution in [-0.2, 0) is 0 Å². The second kappa shape index (κ2) is 4.20. The molecule has 0 saturated carbocycles. The second-order valence-corrected chi connectivity index (χ2v) is 2.64. The molecule has 0 aliphatic rings. The fraction of sp³-hybridized carbons (Fsp3) is 0.333. The Morgan fingerprint density at radius 2 is 2.31 bits per heavy atom. The predicted molar refractivity (Wildman–Crippen MR) is 47.0 cm³/mol. The molecule has 0 unspecified atom stereocenters. The van der Waals surface area contributed by atoms with E-state index in [2.05, 4.69) is 0 Å². The lowest BCUT2D eigenvalue weighted by molar-refractivity contribution is 0.181. The summed E-state index contributed by atoms with van der Waals surface area (Å²) in [5.74, 6) is 0.0302. The van der Waals surface area contributed by atoms with Crippen molar-refractivity contribution in [1.29, 1.82) is 0 Å². The molecule has 0 radical (unpaired) electrons. The van der Waals surface area contributed by atoms with Gasteiger partial charge < -0.3 is 15.6 Å². The zero-order chi connectivity index (χ0) is 9.84. The van der Waals surface area contributed by atoms with Crippen LogP contribution in [0, 0.1) is 5.82 Å². The van der Waals surface area contributed by atoms with Gasteiger partial charge in [0.2, 0.25) is 0 Å². The zero-order valence-corrected chi connectivity index (χ0v) is 7.33. The number of aliphatic hydroxyl groups is 1. The summed E-state index contributed by atoms with van der Waals surface area (Å²) in [4.78, 5) is 0. The number of methoxy groups -OCH3 is 1. The quantitative estimate of drug-likeness (QED) is 0.733. The summed E-state index contributed by atoms with van der Waals surface area (Å²) in [7, 11) is 1.46. The van der Waals surface area contributed by atoms with Crippen LogP contribution < -0.4 is 10.5 Å². The number of rotatable bonds is 3. The van der Waals surface area contributed by atoms with Crippen LogP contribution in [0.3, 0.4) is 0 Å². The minimum Gasteiger partial charge on any atom is -0.496 e. The molecule has 1 aromatic rings. The molecule has 0 fully saturated rings. The molecule has 0 spiro atoms. The molecule has 4 heteroatoms. The number of nitrogens with two attached hydrogens (primary N) is 1. The summed E-state index contributed by atoms with van der Waals surface area (Å²) in [6.45, 7) is 0.0415. The number of aliphatic hydroxyl groups excluding tert-OH is 1. The van der Waals surface area contributed by atoms with E-state index in [0.717, 1.165) is 0 Å². The Hall–Kier alpha value is -1.13. The first-order valence-corrected chi connectivity index (χ1v) is 3.90. The average molecular weight is 185 g/mol. The molecule has 0 bridgehead atoms. The van der Waals surface area contributed by atoms with Gasteiger partial charge in [0.05, 0.1) is 13.2 Å². The molecule has 1 rings (SSSR count). The fourth-order valence-electron chi connectivity index (χ4n) is 1.09. The lowest BCUT2D eigenvalue weighted by atomic mass is 10.1. The first kappa shape index (κ1) is 9.95. The third-order valence-corrected chi connectivity index (χ3v) is 1.77. The predicted octanol–water partition coefficient (Wildman–Crippen LogP) is 0.826. The zero-order valence-electron chi connectivity index (χ0n) is 7.33. The topological polar surface area (TPSA) is 55.5 Å². The number of hydrogen-bond donors (Lipinski definition) is 2. The molecule has 0 aliphatic heterocycles. The van der Waals surface area contributed by atoms with E-state index in [-0.39, 0.29) is 6.54 Å². The van der Waals surface area contributed by atoms with Gasteiger partial charge in [-0.05, 0) is 18.2 Å². The number of halogens is 1. The van der Waals surface area contributed by atoms with Crippen LogP contribution in [0.1, 0.15) is 11.7 Å². The fourth-order valence-corrected chi connectivity index (χ4v) is 1.09. The van der Waals surface area contributed by atoms with E-state index in [1.807, 2.05) is 0 Å². The molecule has 72 valence electrons. The van der Waals surface area contributed by atoms with Crippen LogP contribution in [0.4, 0.5) is 4.39 Å². The molecular formula is C9H12FNO2. The van der Waals surface area contributed by atoms with Crippen LogP contribution in [0.25, 0.3) is 0 Å². The Bertz CT molecular complexity index is 291. The highest BCUT2D eigenvalue weighted by molar-refractivity contribution is 5.35. The number of benzene rings is 1. The highest BCUT2D eigenvalue weighted by Crippen LogP contribution is 2.25. The van der Waals surface area contributed by atoms with Crippen molar-refractivity contribution in [3.63, 3.8) is 0 Å². The highest BCUT2D eigenvalue weighted by atomic mass is 19.1.